The molecule has 2 heterocycles. The highest BCUT2D eigenvalue weighted by atomic mass is 32.2. The van der Waals surface area contributed by atoms with Crippen molar-refractivity contribution < 1.29 is 27.8 Å². The lowest BCUT2D eigenvalue weighted by Gasteiger charge is -2.45. The highest BCUT2D eigenvalue weighted by molar-refractivity contribution is 7.89. The number of fused-ring (bicyclic) bond motifs is 1. The van der Waals surface area contributed by atoms with E-state index in [1.54, 1.807) is 18.2 Å². The van der Waals surface area contributed by atoms with Gasteiger partial charge in [0.2, 0.25) is 10.0 Å². The summed E-state index contributed by atoms with van der Waals surface area (Å²) in [6, 6.07) is 4.89. The number of hydrogen-bond acceptors (Lipinski definition) is 5. The van der Waals surface area contributed by atoms with E-state index in [4.69, 9.17) is 9.47 Å². The Labute approximate surface area is 128 Å². The number of carbonyl (C=O) groups is 1. The second-order valence-corrected chi connectivity index (χ2v) is 7.65. The molecule has 8 heteroatoms. The highest BCUT2D eigenvalue weighted by Crippen LogP contribution is 2.36. The average Bonchev–Trinajstić information content (AvgIpc) is 2.88. The predicted octanol–water partition coefficient (Wildman–Crippen LogP) is 0.439. The second kappa shape index (κ2) is 5.31. The Kier molecular flexibility index (Phi) is 3.72. The number of nitrogens with zero attached hydrogens (tertiary/aromatic N) is 1. The van der Waals surface area contributed by atoms with Crippen LogP contribution in [0.25, 0.3) is 0 Å². The second-order valence-electron chi connectivity index (χ2n) is 5.71. The molecule has 1 aromatic rings. The summed E-state index contributed by atoms with van der Waals surface area (Å²) >= 11 is 0. The van der Waals surface area contributed by atoms with Crippen LogP contribution in [-0.4, -0.2) is 50.6 Å². The van der Waals surface area contributed by atoms with Gasteiger partial charge in [-0.1, -0.05) is 6.07 Å². The van der Waals surface area contributed by atoms with Gasteiger partial charge < -0.3 is 14.6 Å². The SMILES string of the molecule is COCC1(C(=O)O)CN(S(=O)(=O)c2ccc3c(c2)COC3)C1. The molecule has 2 aliphatic heterocycles. The van der Waals surface area contributed by atoms with Crippen LogP contribution in [0.2, 0.25) is 0 Å². The zero-order valence-electron chi connectivity index (χ0n) is 12.1. The smallest absolute Gasteiger partial charge is 0.314 e. The van der Waals surface area contributed by atoms with E-state index in [1.165, 1.54) is 11.4 Å². The van der Waals surface area contributed by atoms with Crippen molar-refractivity contribution in [3.05, 3.63) is 29.3 Å². The maximum absolute atomic E-state index is 12.6. The van der Waals surface area contributed by atoms with Crippen LogP contribution in [-0.2, 0) is 37.5 Å². The summed E-state index contributed by atoms with van der Waals surface area (Å²) in [5.74, 6) is -1.04. The predicted molar refractivity (Wildman–Crippen MR) is 75.6 cm³/mol. The lowest BCUT2D eigenvalue weighted by Crippen LogP contribution is -2.63. The fraction of sp³-hybridized carbons (Fsp3) is 0.500. The number of ether oxygens (including phenoxy) is 2. The van der Waals surface area contributed by atoms with E-state index in [0.29, 0.717) is 13.2 Å². The van der Waals surface area contributed by atoms with E-state index in [2.05, 4.69) is 0 Å². The van der Waals surface area contributed by atoms with E-state index in [1.807, 2.05) is 0 Å². The number of carboxylic acid groups (broad SMARTS) is 1. The van der Waals surface area contributed by atoms with Gasteiger partial charge in [0.15, 0.2) is 0 Å². The van der Waals surface area contributed by atoms with Gasteiger partial charge in [0.05, 0.1) is 24.7 Å². The van der Waals surface area contributed by atoms with Gasteiger partial charge in [0.25, 0.3) is 0 Å². The van der Waals surface area contributed by atoms with Crippen LogP contribution >= 0.6 is 0 Å². The van der Waals surface area contributed by atoms with E-state index in [9.17, 15) is 18.3 Å². The molecule has 120 valence electrons. The molecule has 0 saturated carbocycles. The highest BCUT2D eigenvalue weighted by Gasteiger charge is 2.54. The maximum atomic E-state index is 12.6. The van der Waals surface area contributed by atoms with E-state index < -0.39 is 21.4 Å². The molecule has 1 fully saturated rings. The first-order chi connectivity index (χ1) is 10.4. The Morgan fingerprint density at radius 2 is 2.05 bits per heavy atom. The van der Waals surface area contributed by atoms with Gasteiger partial charge in [0.1, 0.15) is 5.41 Å². The number of carboxylic acids is 1. The molecule has 0 amide bonds. The molecule has 1 N–H and O–H groups in total. The van der Waals surface area contributed by atoms with Crippen molar-refractivity contribution in [2.24, 2.45) is 5.41 Å². The summed E-state index contributed by atoms with van der Waals surface area (Å²) in [5.41, 5.74) is 0.701. The zero-order valence-corrected chi connectivity index (χ0v) is 12.9. The number of methoxy groups -OCH3 is 1. The molecule has 0 spiro atoms. The Bertz CT molecular complexity index is 708. The monoisotopic (exact) mass is 327 g/mol. The fourth-order valence-electron chi connectivity index (χ4n) is 2.82. The third kappa shape index (κ3) is 2.32. The van der Waals surface area contributed by atoms with Gasteiger partial charge in [0, 0.05) is 20.2 Å². The molecule has 0 aromatic heterocycles. The Hall–Kier alpha value is -1.48. The number of benzene rings is 1. The molecule has 0 radical (unpaired) electrons. The maximum Gasteiger partial charge on any atom is 0.314 e. The summed E-state index contributed by atoms with van der Waals surface area (Å²) < 4.78 is 36.5. The molecule has 0 aliphatic carbocycles. The summed E-state index contributed by atoms with van der Waals surface area (Å²) in [5, 5.41) is 9.28. The Balaban J connectivity index is 1.82. The third-order valence-electron chi connectivity index (χ3n) is 4.16. The molecule has 0 atom stereocenters. The standard InChI is InChI=1S/C14H17NO6S/c1-20-9-14(13(16)17)7-15(8-14)22(18,19)12-3-2-10-5-21-6-11(10)4-12/h2-4H,5-9H2,1H3,(H,16,17). The minimum Gasteiger partial charge on any atom is -0.481 e. The minimum absolute atomic E-state index is 0.00756. The molecular formula is C14H17NO6S. The summed E-state index contributed by atoms with van der Waals surface area (Å²) in [6.45, 7) is 0.737. The van der Waals surface area contributed by atoms with Crippen molar-refractivity contribution in [1.82, 2.24) is 4.31 Å². The molecule has 1 aromatic carbocycles. The molecule has 22 heavy (non-hydrogen) atoms. The van der Waals surface area contributed by atoms with Gasteiger partial charge in [-0.25, -0.2) is 8.42 Å². The molecule has 0 bridgehead atoms. The first kappa shape index (κ1) is 15.4. The van der Waals surface area contributed by atoms with Crippen molar-refractivity contribution in [2.75, 3.05) is 26.8 Å². The quantitative estimate of drug-likeness (QED) is 0.843. The number of aliphatic carboxylic acids is 1. The summed E-state index contributed by atoms with van der Waals surface area (Å²) in [7, 11) is -2.28. The third-order valence-corrected chi connectivity index (χ3v) is 5.95. The van der Waals surface area contributed by atoms with Gasteiger partial charge in [-0.15, -0.1) is 0 Å². The van der Waals surface area contributed by atoms with Gasteiger partial charge in [-0.3, -0.25) is 4.79 Å². The first-order valence-electron chi connectivity index (χ1n) is 6.81. The molecule has 0 unspecified atom stereocenters. The van der Waals surface area contributed by atoms with E-state index >= 15 is 0 Å². The van der Waals surface area contributed by atoms with Crippen molar-refractivity contribution in [3.8, 4) is 0 Å². The van der Waals surface area contributed by atoms with Crippen molar-refractivity contribution in [2.45, 2.75) is 18.1 Å². The zero-order chi connectivity index (χ0) is 16.0. The topological polar surface area (TPSA) is 93.1 Å². The Morgan fingerprint density at radius 3 is 2.68 bits per heavy atom. The number of rotatable bonds is 5. The summed E-state index contributed by atoms with van der Waals surface area (Å²) in [4.78, 5) is 11.5. The Morgan fingerprint density at radius 1 is 1.36 bits per heavy atom. The first-order valence-corrected chi connectivity index (χ1v) is 8.25. The van der Waals surface area contributed by atoms with Crippen LogP contribution < -0.4 is 0 Å². The lowest BCUT2D eigenvalue weighted by molar-refractivity contribution is -0.161. The van der Waals surface area contributed by atoms with Crippen LogP contribution in [0.5, 0.6) is 0 Å². The van der Waals surface area contributed by atoms with Crippen LogP contribution in [0, 0.1) is 5.41 Å². The van der Waals surface area contributed by atoms with Crippen molar-refractivity contribution in [3.63, 3.8) is 0 Å². The van der Waals surface area contributed by atoms with Crippen LogP contribution in [0.4, 0.5) is 0 Å². The van der Waals surface area contributed by atoms with Crippen molar-refractivity contribution in [1.29, 1.82) is 0 Å². The van der Waals surface area contributed by atoms with E-state index in [-0.39, 0.29) is 24.6 Å². The van der Waals surface area contributed by atoms with Gasteiger partial charge in [-0.05, 0) is 23.3 Å². The lowest BCUT2D eigenvalue weighted by atomic mass is 9.83. The average molecular weight is 327 g/mol. The van der Waals surface area contributed by atoms with Crippen LogP contribution in [0.1, 0.15) is 11.1 Å². The fourth-order valence-corrected chi connectivity index (χ4v) is 4.48. The molecule has 3 rings (SSSR count). The minimum atomic E-state index is -3.69. The van der Waals surface area contributed by atoms with E-state index in [0.717, 1.165) is 11.1 Å². The normalized spacial score (nSPS) is 20.4. The van der Waals surface area contributed by atoms with Gasteiger partial charge >= 0.3 is 5.97 Å². The van der Waals surface area contributed by atoms with Crippen LogP contribution in [0.3, 0.4) is 0 Å². The van der Waals surface area contributed by atoms with Crippen LogP contribution in [0.15, 0.2) is 23.1 Å². The molecule has 2 aliphatic rings. The molecular weight excluding hydrogens is 310 g/mol. The number of hydrogen-bond donors (Lipinski definition) is 1. The number of sulfonamides is 1. The van der Waals surface area contributed by atoms with Crippen molar-refractivity contribution >= 4 is 16.0 Å². The molecule has 1 saturated heterocycles. The summed E-state index contributed by atoms with van der Waals surface area (Å²) in [6.07, 6.45) is 0. The molecule has 7 nitrogen and oxygen atoms in total. The largest absolute Gasteiger partial charge is 0.481 e. The van der Waals surface area contributed by atoms with Gasteiger partial charge in [-0.2, -0.15) is 4.31 Å².